The molecule has 3 nitrogen and oxygen atoms in total. The molecule has 1 aliphatic carbocycles. The SMILES string of the molecule is CCCNC(C)(C#N)CCCN(CC)C1CCCCC1. The minimum atomic E-state index is -0.345. The third-order valence-electron chi connectivity index (χ3n) is 4.63. The molecule has 116 valence electrons. The fraction of sp³-hybridized carbons (Fsp3) is 0.941. The van der Waals surface area contributed by atoms with E-state index in [-0.39, 0.29) is 5.54 Å². The quantitative estimate of drug-likeness (QED) is 0.699. The second-order valence-corrected chi connectivity index (χ2v) is 6.39. The molecule has 0 radical (unpaired) electrons. The van der Waals surface area contributed by atoms with E-state index in [0.29, 0.717) is 0 Å². The first-order chi connectivity index (χ1) is 9.65. The summed E-state index contributed by atoms with van der Waals surface area (Å²) in [6.45, 7) is 9.69. The molecule has 1 saturated carbocycles. The van der Waals surface area contributed by atoms with Crippen LogP contribution in [0.3, 0.4) is 0 Å². The lowest BCUT2D eigenvalue weighted by molar-refractivity contribution is 0.157. The molecule has 20 heavy (non-hydrogen) atoms. The summed E-state index contributed by atoms with van der Waals surface area (Å²) in [5.74, 6) is 0. The number of rotatable bonds is 9. The van der Waals surface area contributed by atoms with Crippen molar-refractivity contribution in [2.45, 2.75) is 83.7 Å². The molecule has 1 unspecified atom stereocenters. The standard InChI is InChI=1S/C17H33N3/c1-4-13-19-17(3,15-18)12-9-14-20(5-2)16-10-7-6-8-11-16/h16,19H,4-14H2,1-3H3. The maximum atomic E-state index is 9.36. The normalized spacial score (nSPS) is 19.8. The van der Waals surface area contributed by atoms with Crippen LogP contribution >= 0.6 is 0 Å². The lowest BCUT2D eigenvalue weighted by Gasteiger charge is -2.34. The Balaban J connectivity index is 2.34. The summed E-state index contributed by atoms with van der Waals surface area (Å²) in [5.41, 5.74) is -0.345. The maximum Gasteiger partial charge on any atom is 0.103 e. The van der Waals surface area contributed by atoms with Crippen molar-refractivity contribution in [2.75, 3.05) is 19.6 Å². The van der Waals surface area contributed by atoms with Gasteiger partial charge in [-0.15, -0.1) is 0 Å². The van der Waals surface area contributed by atoms with Gasteiger partial charge in [0.2, 0.25) is 0 Å². The second kappa shape index (κ2) is 9.37. The zero-order valence-electron chi connectivity index (χ0n) is 13.7. The molecular weight excluding hydrogens is 246 g/mol. The highest BCUT2D eigenvalue weighted by atomic mass is 15.1. The number of nitrogens with zero attached hydrogens (tertiary/aromatic N) is 2. The summed E-state index contributed by atoms with van der Waals surface area (Å²) >= 11 is 0. The summed E-state index contributed by atoms with van der Waals surface area (Å²) in [6, 6.07) is 3.25. The van der Waals surface area contributed by atoms with Gasteiger partial charge in [0.1, 0.15) is 5.54 Å². The van der Waals surface area contributed by atoms with Crippen molar-refractivity contribution in [1.82, 2.24) is 10.2 Å². The Hall–Kier alpha value is -0.590. The van der Waals surface area contributed by atoms with E-state index in [1.807, 2.05) is 6.92 Å². The van der Waals surface area contributed by atoms with Crippen molar-refractivity contribution in [2.24, 2.45) is 0 Å². The van der Waals surface area contributed by atoms with E-state index in [2.05, 4.69) is 30.1 Å². The van der Waals surface area contributed by atoms with Gasteiger partial charge in [-0.1, -0.05) is 33.1 Å². The summed E-state index contributed by atoms with van der Waals surface area (Å²) in [6.07, 6.45) is 10.1. The van der Waals surface area contributed by atoms with Crippen molar-refractivity contribution in [3.05, 3.63) is 0 Å². The second-order valence-electron chi connectivity index (χ2n) is 6.39. The molecule has 1 aliphatic rings. The largest absolute Gasteiger partial charge is 0.301 e. The van der Waals surface area contributed by atoms with Crippen molar-refractivity contribution >= 4 is 0 Å². The first kappa shape index (κ1) is 17.5. The molecule has 0 heterocycles. The first-order valence-corrected chi connectivity index (χ1v) is 8.55. The average Bonchev–Trinajstić information content (AvgIpc) is 2.50. The molecular formula is C17H33N3. The Morgan fingerprint density at radius 3 is 2.50 bits per heavy atom. The zero-order valence-corrected chi connectivity index (χ0v) is 13.7. The molecule has 0 amide bonds. The van der Waals surface area contributed by atoms with Crippen LogP contribution in [-0.2, 0) is 0 Å². The third kappa shape index (κ3) is 5.81. The highest BCUT2D eigenvalue weighted by Gasteiger charge is 2.24. The van der Waals surface area contributed by atoms with Crippen LogP contribution in [0.1, 0.15) is 72.1 Å². The first-order valence-electron chi connectivity index (χ1n) is 8.55. The van der Waals surface area contributed by atoms with Gasteiger partial charge in [0.25, 0.3) is 0 Å². The highest BCUT2D eigenvalue weighted by molar-refractivity contribution is 5.03. The van der Waals surface area contributed by atoms with Crippen LogP contribution in [0, 0.1) is 11.3 Å². The van der Waals surface area contributed by atoms with Crippen LogP contribution in [-0.4, -0.2) is 36.1 Å². The van der Waals surface area contributed by atoms with Gasteiger partial charge in [-0.25, -0.2) is 0 Å². The lowest BCUT2D eigenvalue weighted by Crippen LogP contribution is -2.43. The van der Waals surface area contributed by atoms with Crippen LogP contribution < -0.4 is 5.32 Å². The number of nitrogens with one attached hydrogen (secondary N) is 1. The Bertz CT molecular complexity index is 291. The molecule has 0 aromatic heterocycles. The Labute approximate surface area is 125 Å². The molecule has 0 bridgehead atoms. The minimum Gasteiger partial charge on any atom is -0.301 e. The van der Waals surface area contributed by atoms with Gasteiger partial charge in [-0.05, 0) is 58.7 Å². The lowest BCUT2D eigenvalue weighted by atomic mass is 9.93. The molecule has 0 aromatic rings. The number of hydrogen-bond donors (Lipinski definition) is 1. The zero-order chi connectivity index (χ0) is 14.8. The predicted octanol–water partition coefficient (Wildman–Crippen LogP) is 3.70. The molecule has 1 atom stereocenters. The van der Waals surface area contributed by atoms with Gasteiger partial charge in [-0.3, -0.25) is 5.32 Å². The average molecular weight is 279 g/mol. The molecule has 0 aromatic carbocycles. The van der Waals surface area contributed by atoms with Crippen LogP contribution in [0.25, 0.3) is 0 Å². The number of hydrogen-bond acceptors (Lipinski definition) is 3. The molecule has 0 saturated heterocycles. The monoisotopic (exact) mass is 279 g/mol. The molecule has 0 aliphatic heterocycles. The van der Waals surface area contributed by atoms with Crippen LogP contribution in [0.5, 0.6) is 0 Å². The molecule has 1 rings (SSSR count). The van der Waals surface area contributed by atoms with Crippen LogP contribution in [0.4, 0.5) is 0 Å². The van der Waals surface area contributed by atoms with Crippen LogP contribution in [0.2, 0.25) is 0 Å². The summed E-state index contributed by atoms with van der Waals surface area (Å²) in [4.78, 5) is 2.64. The third-order valence-corrected chi connectivity index (χ3v) is 4.63. The molecule has 0 spiro atoms. The van der Waals surface area contributed by atoms with Crippen LogP contribution in [0.15, 0.2) is 0 Å². The Morgan fingerprint density at radius 1 is 1.25 bits per heavy atom. The van der Waals surface area contributed by atoms with E-state index < -0.39 is 0 Å². The fourth-order valence-electron chi connectivity index (χ4n) is 3.27. The predicted molar refractivity (Wildman–Crippen MR) is 85.7 cm³/mol. The Morgan fingerprint density at radius 2 is 1.95 bits per heavy atom. The van der Waals surface area contributed by atoms with Crippen molar-refractivity contribution < 1.29 is 0 Å². The van der Waals surface area contributed by atoms with E-state index >= 15 is 0 Å². The van der Waals surface area contributed by atoms with E-state index in [1.54, 1.807) is 0 Å². The van der Waals surface area contributed by atoms with Gasteiger partial charge < -0.3 is 4.90 Å². The van der Waals surface area contributed by atoms with Crippen molar-refractivity contribution in [3.63, 3.8) is 0 Å². The maximum absolute atomic E-state index is 9.36. The fourth-order valence-corrected chi connectivity index (χ4v) is 3.27. The minimum absolute atomic E-state index is 0.345. The number of nitriles is 1. The van der Waals surface area contributed by atoms with E-state index in [9.17, 15) is 5.26 Å². The summed E-state index contributed by atoms with van der Waals surface area (Å²) < 4.78 is 0. The van der Waals surface area contributed by atoms with Gasteiger partial charge in [0.05, 0.1) is 6.07 Å². The van der Waals surface area contributed by atoms with E-state index in [0.717, 1.165) is 44.9 Å². The van der Waals surface area contributed by atoms with Gasteiger partial charge in [0, 0.05) is 6.04 Å². The van der Waals surface area contributed by atoms with Gasteiger partial charge in [0.15, 0.2) is 0 Å². The molecule has 3 heteroatoms. The van der Waals surface area contributed by atoms with Gasteiger partial charge >= 0.3 is 0 Å². The topological polar surface area (TPSA) is 39.1 Å². The smallest absolute Gasteiger partial charge is 0.103 e. The van der Waals surface area contributed by atoms with E-state index in [1.165, 1.54) is 32.1 Å². The van der Waals surface area contributed by atoms with E-state index in [4.69, 9.17) is 0 Å². The summed E-state index contributed by atoms with van der Waals surface area (Å²) in [7, 11) is 0. The Kier molecular flexibility index (Phi) is 8.18. The van der Waals surface area contributed by atoms with Gasteiger partial charge in [-0.2, -0.15) is 5.26 Å². The summed E-state index contributed by atoms with van der Waals surface area (Å²) in [5, 5.41) is 12.7. The molecule has 1 N–H and O–H groups in total. The van der Waals surface area contributed by atoms with Crippen molar-refractivity contribution in [1.29, 1.82) is 5.26 Å². The highest BCUT2D eigenvalue weighted by Crippen LogP contribution is 2.23. The van der Waals surface area contributed by atoms with Crippen molar-refractivity contribution in [3.8, 4) is 6.07 Å². The molecule has 1 fully saturated rings.